The zero-order chi connectivity index (χ0) is 13.3. The molecule has 3 rings (SSSR count). The molecule has 4 unspecified atom stereocenters. The van der Waals surface area contributed by atoms with Crippen LogP contribution in [0.4, 0.5) is 0 Å². The molecule has 0 aliphatic heterocycles. The average Bonchev–Trinajstić information content (AvgIpc) is 3.07. The number of hydrogen-bond acceptors (Lipinski definition) is 3. The summed E-state index contributed by atoms with van der Waals surface area (Å²) in [6.45, 7) is 3.32. The molecular weight excluding hydrogens is 238 g/mol. The van der Waals surface area contributed by atoms with Gasteiger partial charge in [0.1, 0.15) is 0 Å². The van der Waals surface area contributed by atoms with Gasteiger partial charge in [-0.05, 0) is 44.9 Å². The molecule has 0 saturated heterocycles. The van der Waals surface area contributed by atoms with Crippen molar-refractivity contribution in [1.82, 2.24) is 5.32 Å². The van der Waals surface area contributed by atoms with Gasteiger partial charge in [0.15, 0.2) is 0 Å². The lowest BCUT2D eigenvalue weighted by Crippen LogP contribution is -2.64. The van der Waals surface area contributed by atoms with Crippen molar-refractivity contribution in [2.24, 2.45) is 11.3 Å². The van der Waals surface area contributed by atoms with Crippen molar-refractivity contribution in [3.63, 3.8) is 0 Å². The number of rotatable bonds is 5. The number of aliphatic hydroxyl groups is 1. The molecule has 4 atom stereocenters. The van der Waals surface area contributed by atoms with Gasteiger partial charge in [-0.15, -0.1) is 0 Å². The smallest absolute Gasteiger partial charge is 0.0661 e. The van der Waals surface area contributed by atoms with Gasteiger partial charge in [0.25, 0.3) is 0 Å². The Balaban J connectivity index is 1.62. The second kappa shape index (κ2) is 5.71. The number of nitrogens with one attached hydrogen (secondary N) is 1. The average molecular weight is 267 g/mol. The molecule has 0 radical (unpaired) electrons. The highest BCUT2D eigenvalue weighted by Gasteiger charge is 2.57. The SMILES string of the molecule is CCOC1CC(NC2CCCC2CO)C12CCCC2. The van der Waals surface area contributed by atoms with Crippen molar-refractivity contribution in [3.05, 3.63) is 0 Å². The molecule has 3 aliphatic rings. The summed E-state index contributed by atoms with van der Waals surface area (Å²) in [5, 5.41) is 13.4. The number of hydrogen-bond donors (Lipinski definition) is 2. The molecule has 0 bridgehead atoms. The normalized spacial score (nSPS) is 40.7. The van der Waals surface area contributed by atoms with Crippen LogP contribution in [0.2, 0.25) is 0 Å². The first kappa shape index (κ1) is 13.8. The highest BCUT2D eigenvalue weighted by molar-refractivity contribution is 5.11. The minimum atomic E-state index is 0.353. The second-order valence-electron chi connectivity index (χ2n) is 6.82. The van der Waals surface area contributed by atoms with E-state index >= 15 is 0 Å². The zero-order valence-electron chi connectivity index (χ0n) is 12.2. The van der Waals surface area contributed by atoms with Crippen molar-refractivity contribution in [3.8, 4) is 0 Å². The van der Waals surface area contributed by atoms with Crippen LogP contribution >= 0.6 is 0 Å². The van der Waals surface area contributed by atoms with Crippen LogP contribution in [0.5, 0.6) is 0 Å². The van der Waals surface area contributed by atoms with Crippen LogP contribution in [0.3, 0.4) is 0 Å². The topological polar surface area (TPSA) is 41.5 Å². The molecule has 0 aromatic carbocycles. The summed E-state index contributed by atoms with van der Waals surface area (Å²) in [6, 6.07) is 1.19. The Morgan fingerprint density at radius 1 is 1.21 bits per heavy atom. The van der Waals surface area contributed by atoms with E-state index in [4.69, 9.17) is 4.74 Å². The van der Waals surface area contributed by atoms with Gasteiger partial charge >= 0.3 is 0 Å². The second-order valence-corrected chi connectivity index (χ2v) is 6.82. The first-order valence-corrected chi connectivity index (χ1v) is 8.28. The van der Waals surface area contributed by atoms with Gasteiger partial charge in [-0.1, -0.05) is 19.3 Å². The van der Waals surface area contributed by atoms with Gasteiger partial charge in [-0.2, -0.15) is 0 Å². The first-order valence-electron chi connectivity index (χ1n) is 8.28. The molecule has 3 nitrogen and oxygen atoms in total. The van der Waals surface area contributed by atoms with Crippen LogP contribution in [-0.4, -0.2) is 36.5 Å². The van der Waals surface area contributed by atoms with Crippen molar-refractivity contribution < 1.29 is 9.84 Å². The van der Waals surface area contributed by atoms with E-state index in [0.717, 1.165) is 6.61 Å². The standard InChI is InChI=1S/C16H29NO2/c1-2-19-15-10-14(16(15)8-3-4-9-16)17-13-7-5-6-12(13)11-18/h12-15,17-18H,2-11H2,1H3. The van der Waals surface area contributed by atoms with E-state index in [9.17, 15) is 5.11 Å². The van der Waals surface area contributed by atoms with E-state index in [2.05, 4.69) is 12.2 Å². The Bertz CT molecular complexity index is 301. The van der Waals surface area contributed by atoms with Crippen LogP contribution < -0.4 is 5.32 Å². The van der Waals surface area contributed by atoms with Gasteiger partial charge in [0.05, 0.1) is 6.10 Å². The lowest BCUT2D eigenvalue weighted by Gasteiger charge is -2.55. The van der Waals surface area contributed by atoms with Crippen LogP contribution in [0.15, 0.2) is 0 Å². The molecule has 0 aromatic heterocycles. The van der Waals surface area contributed by atoms with E-state index in [-0.39, 0.29) is 0 Å². The van der Waals surface area contributed by atoms with Crippen molar-refractivity contribution in [2.75, 3.05) is 13.2 Å². The summed E-state index contributed by atoms with van der Waals surface area (Å²) in [5.41, 5.74) is 0.429. The monoisotopic (exact) mass is 267 g/mol. The quantitative estimate of drug-likeness (QED) is 0.804. The predicted molar refractivity (Wildman–Crippen MR) is 76.1 cm³/mol. The van der Waals surface area contributed by atoms with Crippen LogP contribution in [0, 0.1) is 11.3 Å². The van der Waals surface area contributed by atoms with Gasteiger partial charge in [0.2, 0.25) is 0 Å². The van der Waals surface area contributed by atoms with E-state index in [1.54, 1.807) is 0 Å². The minimum Gasteiger partial charge on any atom is -0.396 e. The fourth-order valence-electron chi connectivity index (χ4n) is 4.85. The summed E-state index contributed by atoms with van der Waals surface area (Å²) >= 11 is 0. The summed E-state index contributed by atoms with van der Waals surface area (Å²) in [4.78, 5) is 0. The van der Waals surface area contributed by atoms with Crippen molar-refractivity contribution in [1.29, 1.82) is 0 Å². The van der Waals surface area contributed by atoms with E-state index in [1.807, 2.05) is 0 Å². The lowest BCUT2D eigenvalue weighted by molar-refractivity contribution is -0.133. The first-order chi connectivity index (χ1) is 9.30. The maximum absolute atomic E-state index is 9.47. The van der Waals surface area contributed by atoms with Crippen LogP contribution in [-0.2, 0) is 4.74 Å². The van der Waals surface area contributed by atoms with Crippen molar-refractivity contribution >= 4 is 0 Å². The molecule has 1 spiro atoms. The fraction of sp³-hybridized carbons (Fsp3) is 1.00. The van der Waals surface area contributed by atoms with E-state index in [1.165, 1.54) is 51.4 Å². The van der Waals surface area contributed by atoms with E-state index < -0.39 is 0 Å². The molecule has 3 aliphatic carbocycles. The Hall–Kier alpha value is -0.120. The van der Waals surface area contributed by atoms with Crippen LogP contribution in [0.1, 0.15) is 58.3 Å². The third kappa shape index (κ3) is 2.34. The van der Waals surface area contributed by atoms with E-state index in [0.29, 0.717) is 36.1 Å². The molecule has 0 aromatic rings. The highest BCUT2D eigenvalue weighted by atomic mass is 16.5. The molecule has 19 heavy (non-hydrogen) atoms. The summed E-state index contributed by atoms with van der Waals surface area (Å²) in [6.07, 6.45) is 10.8. The number of ether oxygens (including phenoxy) is 1. The van der Waals surface area contributed by atoms with Gasteiger partial charge in [-0.3, -0.25) is 0 Å². The van der Waals surface area contributed by atoms with Crippen LogP contribution in [0.25, 0.3) is 0 Å². The summed E-state index contributed by atoms with van der Waals surface area (Å²) in [7, 11) is 0. The fourth-order valence-corrected chi connectivity index (χ4v) is 4.85. The maximum Gasteiger partial charge on any atom is 0.0661 e. The predicted octanol–water partition coefficient (Wildman–Crippen LogP) is 2.47. The third-order valence-electron chi connectivity index (χ3n) is 6.00. The molecule has 0 heterocycles. The Labute approximate surface area is 117 Å². The molecule has 110 valence electrons. The minimum absolute atomic E-state index is 0.353. The van der Waals surface area contributed by atoms with Gasteiger partial charge in [-0.25, -0.2) is 0 Å². The molecule has 3 heteroatoms. The maximum atomic E-state index is 9.47. The molecule has 2 N–H and O–H groups in total. The Morgan fingerprint density at radius 3 is 2.68 bits per heavy atom. The summed E-state index contributed by atoms with van der Waals surface area (Å²) < 4.78 is 5.97. The molecular formula is C16H29NO2. The molecule has 3 fully saturated rings. The highest BCUT2D eigenvalue weighted by Crippen LogP contribution is 2.55. The lowest BCUT2D eigenvalue weighted by atomic mass is 9.60. The van der Waals surface area contributed by atoms with Crippen molar-refractivity contribution in [2.45, 2.75) is 76.5 Å². The molecule has 0 amide bonds. The Morgan fingerprint density at radius 2 is 2.00 bits per heavy atom. The Kier molecular flexibility index (Phi) is 4.16. The van der Waals surface area contributed by atoms with Gasteiger partial charge in [0, 0.05) is 30.7 Å². The molecule has 3 saturated carbocycles. The largest absolute Gasteiger partial charge is 0.396 e. The van der Waals surface area contributed by atoms with Gasteiger partial charge < -0.3 is 15.2 Å². The third-order valence-corrected chi connectivity index (χ3v) is 6.00. The zero-order valence-corrected chi connectivity index (χ0v) is 12.2. The summed E-state index contributed by atoms with van der Waals surface area (Å²) in [5.74, 6) is 0.490. The number of aliphatic hydroxyl groups excluding tert-OH is 1.